The van der Waals surface area contributed by atoms with Crippen molar-refractivity contribution in [3.63, 3.8) is 0 Å². The third-order valence-corrected chi connectivity index (χ3v) is 4.33. The topological polar surface area (TPSA) is 32.3 Å². The second-order valence-corrected chi connectivity index (χ2v) is 6.56. The van der Waals surface area contributed by atoms with Gasteiger partial charge in [-0.15, -0.1) is 0 Å². The first kappa shape index (κ1) is 16.0. The molecule has 1 saturated heterocycles. The van der Waals surface area contributed by atoms with E-state index in [2.05, 4.69) is 43.4 Å². The molecule has 1 unspecified atom stereocenters. The lowest BCUT2D eigenvalue weighted by Gasteiger charge is -2.35. The van der Waals surface area contributed by atoms with E-state index >= 15 is 0 Å². The fourth-order valence-electron chi connectivity index (χ4n) is 3.02. The standard InChI is InChI=1S/C18H28N2O/c1-13(2)18(21)20-10-8-17(9-11-20)19-15(4)16-7-5-6-14(3)12-16/h5-7,12-13,15,17,19H,8-11H2,1-4H3. The molecule has 21 heavy (non-hydrogen) atoms. The fourth-order valence-corrected chi connectivity index (χ4v) is 3.02. The summed E-state index contributed by atoms with van der Waals surface area (Å²) in [7, 11) is 0. The van der Waals surface area contributed by atoms with Crippen molar-refractivity contribution < 1.29 is 4.79 Å². The Labute approximate surface area is 128 Å². The summed E-state index contributed by atoms with van der Waals surface area (Å²) in [5.41, 5.74) is 2.65. The van der Waals surface area contributed by atoms with E-state index in [9.17, 15) is 4.79 Å². The number of aryl methyl sites for hydroxylation is 1. The van der Waals surface area contributed by atoms with Crippen LogP contribution in [0, 0.1) is 12.8 Å². The second-order valence-electron chi connectivity index (χ2n) is 6.56. The quantitative estimate of drug-likeness (QED) is 0.922. The van der Waals surface area contributed by atoms with Crippen molar-refractivity contribution in [1.29, 1.82) is 0 Å². The van der Waals surface area contributed by atoms with E-state index in [0.717, 1.165) is 25.9 Å². The number of amides is 1. The van der Waals surface area contributed by atoms with Crippen LogP contribution in [-0.2, 0) is 4.79 Å². The predicted octanol–water partition coefficient (Wildman–Crippen LogP) is 3.29. The smallest absolute Gasteiger partial charge is 0.225 e. The summed E-state index contributed by atoms with van der Waals surface area (Å²) in [5.74, 6) is 0.404. The lowest BCUT2D eigenvalue weighted by molar-refractivity contribution is -0.135. The number of benzene rings is 1. The summed E-state index contributed by atoms with van der Waals surface area (Å²) in [6.07, 6.45) is 2.10. The Balaban J connectivity index is 1.85. The summed E-state index contributed by atoms with van der Waals surface area (Å²) in [6, 6.07) is 9.55. The van der Waals surface area contributed by atoms with Crippen LogP contribution in [0.5, 0.6) is 0 Å². The van der Waals surface area contributed by atoms with E-state index in [1.807, 2.05) is 18.7 Å². The predicted molar refractivity (Wildman–Crippen MR) is 87.2 cm³/mol. The van der Waals surface area contributed by atoms with Crippen LogP contribution in [-0.4, -0.2) is 29.9 Å². The zero-order valence-corrected chi connectivity index (χ0v) is 13.7. The van der Waals surface area contributed by atoms with Gasteiger partial charge in [0.1, 0.15) is 0 Å². The minimum absolute atomic E-state index is 0.112. The monoisotopic (exact) mass is 288 g/mol. The minimum atomic E-state index is 0.112. The molecule has 1 atom stereocenters. The largest absolute Gasteiger partial charge is 0.342 e. The molecule has 0 spiro atoms. The van der Waals surface area contributed by atoms with Gasteiger partial charge < -0.3 is 10.2 Å². The van der Waals surface area contributed by atoms with Crippen molar-refractivity contribution in [3.05, 3.63) is 35.4 Å². The van der Waals surface area contributed by atoms with Crippen molar-refractivity contribution >= 4 is 5.91 Å². The van der Waals surface area contributed by atoms with E-state index in [4.69, 9.17) is 0 Å². The van der Waals surface area contributed by atoms with Gasteiger partial charge in [0.15, 0.2) is 0 Å². The Bertz CT molecular complexity index is 476. The van der Waals surface area contributed by atoms with Crippen molar-refractivity contribution in [1.82, 2.24) is 10.2 Å². The number of piperidine rings is 1. The fraction of sp³-hybridized carbons (Fsp3) is 0.611. The van der Waals surface area contributed by atoms with Crippen LogP contribution in [0.3, 0.4) is 0 Å². The van der Waals surface area contributed by atoms with Gasteiger partial charge in [-0.3, -0.25) is 4.79 Å². The highest BCUT2D eigenvalue weighted by molar-refractivity contribution is 5.78. The van der Waals surface area contributed by atoms with Gasteiger partial charge in [-0.2, -0.15) is 0 Å². The number of hydrogen-bond acceptors (Lipinski definition) is 2. The lowest BCUT2D eigenvalue weighted by Crippen LogP contribution is -2.46. The van der Waals surface area contributed by atoms with Gasteiger partial charge in [-0.05, 0) is 32.3 Å². The number of nitrogens with zero attached hydrogens (tertiary/aromatic N) is 1. The summed E-state index contributed by atoms with van der Waals surface area (Å²) in [6.45, 7) is 10.1. The summed E-state index contributed by atoms with van der Waals surface area (Å²) < 4.78 is 0. The average Bonchev–Trinajstić information content (AvgIpc) is 2.47. The third kappa shape index (κ3) is 4.31. The Morgan fingerprint density at radius 2 is 1.90 bits per heavy atom. The highest BCUT2D eigenvalue weighted by atomic mass is 16.2. The Kier molecular flexibility index (Phi) is 5.40. The maximum atomic E-state index is 12.0. The normalized spacial score (nSPS) is 18.0. The van der Waals surface area contributed by atoms with Crippen molar-refractivity contribution in [2.45, 2.75) is 52.6 Å². The van der Waals surface area contributed by atoms with Gasteiger partial charge in [-0.25, -0.2) is 0 Å². The molecule has 3 nitrogen and oxygen atoms in total. The van der Waals surface area contributed by atoms with Crippen LogP contribution >= 0.6 is 0 Å². The third-order valence-electron chi connectivity index (χ3n) is 4.33. The number of carbonyl (C=O) groups is 1. The first-order valence-electron chi connectivity index (χ1n) is 8.08. The number of carbonyl (C=O) groups excluding carboxylic acids is 1. The maximum absolute atomic E-state index is 12.0. The van der Waals surface area contributed by atoms with Crippen LogP contribution in [0.2, 0.25) is 0 Å². The first-order chi connectivity index (χ1) is 9.97. The first-order valence-corrected chi connectivity index (χ1v) is 8.08. The van der Waals surface area contributed by atoms with Gasteiger partial charge in [0.2, 0.25) is 5.91 Å². The van der Waals surface area contributed by atoms with E-state index in [1.54, 1.807) is 0 Å². The Morgan fingerprint density at radius 1 is 1.24 bits per heavy atom. The number of likely N-dealkylation sites (tertiary alicyclic amines) is 1. The molecule has 116 valence electrons. The van der Waals surface area contributed by atoms with Crippen molar-refractivity contribution in [2.24, 2.45) is 5.92 Å². The molecule has 2 rings (SSSR count). The molecule has 0 bridgehead atoms. The molecule has 0 aliphatic carbocycles. The zero-order valence-electron chi connectivity index (χ0n) is 13.7. The molecular weight excluding hydrogens is 260 g/mol. The van der Waals surface area contributed by atoms with Gasteiger partial charge in [0.05, 0.1) is 0 Å². The van der Waals surface area contributed by atoms with Gasteiger partial charge in [-0.1, -0.05) is 43.7 Å². The van der Waals surface area contributed by atoms with E-state index < -0.39 is 0 Å². The van der Waals surface area contributed by atoms with Crippen LogP contribution in [0.4, 0.5) is 0 Å². The number of rotatable bonds is 4. The van der Waals surface area contributed by atoms with Gasteiger partial charge in [0.25, 0.3) is 0 Å². The summed E-state index contributed by atoms with van der Waals surface area (Å²) >= 11 is 0. The molecule has 1 aromatic rings. The molecule has 1 aliphatic heterocycles. The molecule has 3 heteroatoms. The average molecular weight is 288 g/mol. The molecule has 1 N–H and O–H groups in total. The molecule has 1 heterocycles. The SMILES string of the molecule is Cc1cccc(C(C)NC2CCN(C(=O)C(C)C)CC2)c1. The second kappa shape index (κ2) is 7.08. The van der Waals surface area contributed by atoms with Crippen LogP contribution in [0.15, 0.2) is 24.3 Å². The Morgan fingerprint density at radius 3 is 2.48 bits per heavy atom. The molecule has 0 saturated carbocycles. The van der Waals surface area contributed by atoms with E-state index in [0.29, 0.717) is 18.0 Å². The van der Waals surface area contributed by atoms with Crippen LogP contribution in [0.1, 0.15) is 50.8 Å². The highest BCUT2D eigenvalue weighted by Crippen LogP contribution is 2.19. The van der Waals surface area contributed by atoms with Gasteiger partial charge >= 0.3 is 0 Å². The maximum Gasteiger partial charge on any atom is 0.225 e. The molecule has 1 fully saturated rings. The number of nitrogens with one attached hydrogen (secondary N) is 1. The molecular formula is C18H28N2O. The Hall–Kier alpha value is -1.35. The van der Waals surface area contributed by atoms with Crippen molar-refractivity contribution in [3.8, 4) is 0 Å². The zero-order chi connectivity index (χ0) is 15.4. The minimum Gasteiger partial charge on any atom is -0.342 e. The van der Waals surface area contributed by atoms with Crippen molar-refractivity contribution in [2.75, 3.05) is 13.1 Å². The number of hydrogen-bond donors (Lipinski definition) is 1. The molecule has 0 aromatic heterocycles. The lowest BCUT2D eigenvalue weighted by atomic mass is 10.00. The summed E-state index contributed by atoms with van der Waals surface area (Å²) in [5, 5.41) is 3.71. The molecule has 1 aromatic carbocycles. The van der Waals surface area contributed by atoms with Crippen LogP contribution in [0.25, 0.3) is 0 Å². The van der Waals surface area contributed by atoms with Gasteiger partial charge in [0, 0.05) is 31.1 Å². The summed E-state index contributed by atoms with van der Waals surface area (Å²) in [4.78, 5) is 14.0. The molecule has 0 radical (unpaired) electrons. The van der Waals surface area contributed by atoms with Crippen LogP contribution < -0.4 is 5.32 Å². The highest BCUT2D eigenvalue weighted by Gasteiger charge is 2.25. The van der Waals surface area contributed by atoms with E-state index in [-0.39, 0.29) is 5.92 Å². The van der Waals surface area contributed by atoms with E-state index in [1.165, 1.54) is 11.1 Å². The molecule has 1 amide bonds. The molecule has 1 aliphatic rings.